The lowest BCUT2D eigenvalue weighted by molar-refractivity contribution is 0.198. The maximum atomic E-state index is 4.49. The van der Waals surface area contributed by atoms with Crippen molar-refractivity contribution in [3.8, 4) is 0 Å². The Morgan fingerprint density at radius 2 is 2.03 bits per heavy atom. The van der Waals surface area contributed by atoms with Crippen molar-refractivity contribution in [2.75, 3.05) is 26.7 Å². The second kappa shape index (κ2) is 12.5. The van der Waals surface area contributed by atoms with Crippen molar-refractivity contribution in [1.29, 1.82) is 0 Å². The van der Waals surface area contributed by atoms with Crippen molar-refractivity contribution in [3.63, 3.8) is 0 Å². The first kappa shape index (κ1) is 24.1. The third-order valence-corrected chi connectivity index (χ3v) is 6.59. The number of aryl methyl sites for hydroxylation is 2. The molecule has 0 bridgehead atoms. The number of nitrogens with one attached hydrogen (secondary N) is 2. The average Bonchev–Trinajstić information content (AvgIpc) is 3.18. The van der Waals surface area contributed by atoms with Gasteiger partial charge in [0.25, 0.3) is 0 Å². The molecule has 1 aromatic heterocycles. The quantitative estimate of drug-likeness (QED) is 0.325. The van der Waals surface area contributed by atoms with E-state index in [0.29, 0.717) is 6.04 Å². The fraction of sp³-hybridized carbons (Fsp3) is 0.545. The van der Waals surface area contributed by atoms with E-state index in [0.717, 1.165) is 57.8 Å². The molecule has 3 rings (SSSR count). The molecule has 0 unspecified atom stereocenters. The highest BCUT2D eigenvalue weighted by molar-refractivity contribution is 14.0. The van der Waals surface area contributed by atoms with Gasteiger partial charge in [-0.25, -0.2) is 4.98 Å². The maximum absolute atomic E-state index is 4.49. The van der Waals surface area contributed by atoms with Crippen molar-refractivity contribution >= 4 is 41.3 Å². The van der Waals surface area contributed by atoms with Crippen LogP contribution in [0.2, 0.25) is 0 Å². The standard InChI is InChI=1S/C22H33N5S.HI/c1-4-20-15-25-21(28-20)9-12-24-22(23-3)26-19-10-13-27(14-11-19)16-18-8-6-5-7-17(18)2;/h5-8,15,19H,4,9-14,16H2,1-3H3,(H2,23,24,26);1H. The van der Waals surface area contributed by atoms with Gasteiger partial charge >= 0.3 is 0 Å². The topological polar surface area (TPSA) is 52.6 Å². The molecule has 1 aliphatic heterocycles. The zero-order valence-corrected chi connectivity index (χ0v) is 20.9. The lowest BCUT2D eigenvalue weighted by Crippen LogP contribution is -2.48. The van der Waals surface area contributed by atoms with Crippen molar-refractivity contribution in [2.45, 2.75) is 52.1 Å². The number of aromatic nitrogens is 1. The lowest BCUT2D eigenvalue weighted by Gasteiger charge is -2.33. The first-order valence-corrected chi connectivity index (χ1v) is 11.2. The monoisotopic (exact) mass is 527 g/mol. The fourth-order valence-corrected chi connectivity index (χ4v) is 4.43. The Morgan fingerprint density at radius 1 is 1.28 bits per heavy atom. The first-order chi connectivity index (χ1) is 13.7. The van der Waals surface area contributed by atoms with Gasteiger partial charge in [0.15, 0.2) is 5.96 Å². The molecular weight excluding hydrogens is 493 g/mol. The van der Waals surface area contributed by atoms with Crippen LogP contribution in [0.15, 0.2) is 35.5 Å². The maximum Gasteiger partial charge on any atom is 0.191 e. The van der Waals surface area contributed by atoms with Crippen LogP contribution in [-0.4, -0.2) is 48.6 Å². The van der Waals surface area contributed by atoms with E-state index in [1.54, 1.807) is 0 Å². The summed E-state index contributed by atoms with van der Waals surface area (Å²) in [7, 11) is 1.85. The molecule has 0 spiro atoms. The molecule has 5 nitrogen and oxygen atoms in total. The van der Waals surface area contributed by atoms with Crippen molar-refractivity contribution < 1.29 is 0 Å². The van der Waals surface area contributed by atoms with Gasteiger partial charge in [0.1, 0.15) is 0 Å². The van der Waals surface area contributed by atoms with Crippen molar-refractivity contribution in [1.82, 2.24) is 20.5 Å². The van der Waals surface area contributed by atoms with Gasteiger partial charge in [-0.15, -0.1) is 35.3 Å². The van der Waals surface area contributed by atoms with E-state index in [2.05, 4.69) is 63.6 Å². The summed E-state index contributed by atoms with van der Waals surface area (Å²) in [6.07, 6.45) is 6.31. The van der Waals surface area contributed by atoms with E-state index in [4.69, 9.17) is 0 Å². The fourth-order valence-electron chi connectivity index (χ4n) is 3.57. The second-order valence-corrected chi connectivity index (χ2v) is 8.64. The third kappa shape index (κ3) is 7.53. The summed E-state index contributed by atoms with van der Waals surface area (Å²) in [6, 6.07) is 9.20. The summed E-state index contributed by atoms with van der Waals surface area (Å²) in [5.41, 5.74) is 2.83. The van der Waals surface area contributed by atoms with Gasteiger partial charge in [-0.1, -0.05) is 31.2 Å². The molecule has 0 radical (unpaired) electrons. The van der Waals surface area contributed by atoms with Crippen LogP contribution in [0.4, 0.5) is 0 Å². The minimum Gasteiger partial charge on any atom is -0.356 e. The number of rotatable bonds is 7. The van der Waals surface area contributed by atoms with Crippen LogP contribution in [0.1, 0.15) is 40.8 Å². The number of guanidine groups is 1. The van der Waals surface area contributed by atoms with E-state index in [1.165, 1.54) is 21.0 Å². The molecule has 0 amide bonds. The molecule has 1 aliphatic rings. The summed E-state index contributed by atoms with van der Waals surface area (Å²) >= 11 is 1.81. The van der Waals surface area contributed by atoms with Crippen LogP contribution >= 0.6 is 35.3 Å². The highest BCUT2D eigenvalue weighted by atomic mass is 127. The van der Waals surface area contributed by atoms with Crippen molar-refractivity contribution in [3.05, 3.63) is 51.5 Å². The number of thiazole rings is 1. The molecule has 1 fully saturated rings. The number of benzene rings is 1. The van der Waals surface area contributed by atoms with Crippen LogP contribution in [0.3, 0.4) is 0 Å². The highest BCUT2D eigenvalue weighted by Gasteiger charge is 2.20. The first-order valence-electron chi connectivity index (χ1n) is 10.4. The Kier molecular flexibility index (Phi) is 10.4. The smallest absolute Gasteiger partial charge is 0.191 e. The van der Waals surface area contributed by atoms with Gasteiger partial charge in [0.05, 0.1) is 5.01 Å². The van der Waals surface area contributed by atoms with Crippen LogP contribution in [0.5, 0.6) is 0 Å². The average molecular weight is 528 g/mol. The molecule has 0 saturated carbocycles. The summed E-state index contributed by atoms with van der Waals surface area (Å²) in [4.78, 5) is 12.8. The number of halogens is 1. The molecule has 2 aromatic rings. The summed E-state index contributed by atoms with van der Waals surface area (Å²) in [6.45, 7) is 8.55. The van der Waals surface area contributed by atoms with E-state index >= 15 is 0 Å². The SMILES string of the molecule is CCc1cnc(CCNC(=NC)NC2CCN(Cc3ccccc3C)CC2)s1.I. The highest BCUT2D eigenvalue weighted by Crippen LogP contribution is 2.16. The van der Waals surface area contributed by atoms with Gasteiger partial charge in [0.2, 0.25) is 0 Å². The summed E-state index contributed by atoms with van der Waals surface area (Å²) in [5.74, 6) is 0.907. The van der Waals surface area contributed by atoms with Gasteiger partial charge < -0.3 is 10.6 Å². The predicted molar refractivity (Wildman–Crippen MR) is 135 cm³/mol. The normalized spacial score (nSPS) is 15.8. The molecule has 0 atom stereocenters. The number of aliphatic imine (C=N–C) groups is 1. The number of likely N-dealkylation sites (tertiary alicyclic amines) is 1. The van der Waals surface area contributed by atoms with Gasteiger partial charge in [-0.3, -0.25) is 9.89 Å². The lowest BCUT2D eigenvalue weighted by atomic mass is 10.0. The molecule has 7 heteroatoms. The van der Waals surface area contributed by atoms with Crippen molar-refractivity contribution in [2.24, 2.45) is 4.99 Å². The van der Waals surface area contributed by atoms with Crippen LogP contribution in [-0.2, 0) is 19.4 Å². The molecule has 160 valence electrons. The molecule has 2 heterocycles. The van der Waals surface area contributed by atoms with E-state index in [1.807, 2.05) is 24.6 Å². The van der Waals surface area contributed by atoms with Crippen LogP contribution in [0.25, 0.3) is 0 Å². The number of nitrogens with zero attached hydrogens (tertiary/aromatic N) is 3. The van der Waals surface area contributed by atoms with Gasteiger partial charge in [0, 0.05) is 56.8 Å². The molecular formula is C22H34IN5S. The molecule has 0 aliphatic carbocycles. The zero-order chi connectivity index (χ0) is 19.8. The Labute approximate surface area is 196 Å². The minimum atomic E-state index is 0. The van der Waals surface area contributed by atoms with Crippen LogP contribution < -0.4 is 10.6 Å². The Morgan fingerprint density at radius 3 is 2.69 bits per heavy atom. The predicted octanol–water partition coefficient (Wildman–Crippen LogP) is 4.00. The Hall–Kier alpha value is -1.19. The largest absolute Gasteiger partial charge is 0.356 e. The number of hydrogen-bond acceptors (Lipinski definition) is 4. The number of piperidine rings is 1. The third-order valence-electron chi connectivity index (χ3n) is 5.39. The molecule has 1 saturated heterocycles. The minimum absolute atomic E-state index is 0. The van der Waals surface area contributed by atoms with Gasteiger partial charge in [-0.2, -0.15) is 0 Å². The molecule has 29 heavy (non-hydrogen) atoms. The van der Waals surface area contributed by atoms with E-state index in [-0.39, 0.29) is 24.0 Å². The van der Waals surface area contributed by atoms with E-state index < -0.39 is 0 Å². The van der Waals surface area contributed by atoms with Crippen LogP contribution in [0, 0.1) is 6.92 Å². The Bertz CT molecular complexity index is 768. The molecule has 2 N–H and O–H groups in total. The van der Waals surface area contributed by atoms with E-state index in [9.17, 15) is 0 Å². The Balaban J connectivity index is 0.00000300. The molecule has 1 aromatic carbocycles. The summed E-state index contributed by atoms with van der Waals surface area (Å²) < 4.78 is 0. The van der Waals surface area contributed by atoms with Gasteiger partial charge in [-0.05, 0) is 37.3 Å². The zero-order valence-electron chi connectivity index (χ0n) is 17.8. The number of hydrogen-bond donors (Lipinski definition) is 2. The summed E-state index contributed by atoms with van der Waals surface area (Å²) in [5, 5.41) is 8.24. The second-order valence-electron chi connectivity index (χ2n) is 7.44.